The molecule has 0 bridgehead atoms. The number of nitrogen functional groups attached to an aromatic ring is 1. The normalized spacial score (nSPS) is 17.0. The molecule has 2 aromatic rings. The van der Waals surface area contributed by atoms with Crippen LogP contribution in [0.15, 0.2) is 35.7 Å². The Morgan fingerprint density at radius 1 is 1.38 bits per heavy atom. The van der Waals surface area contributed by atoms with E-state index in [1.54, 1.807) is 29.2 Å². The minimum Gasteiger partial charge on any atom is -0.449 e. The molecule has 1 atom stereocenters. The molecule has 2 amide bonds. The lowest BCUT2D eigenvalue weighted by Gasteiger charge is -2.31. The van der Waals surface area contributed by atoms with E-state index in [4.69, 9.17) is 10.5 Å². The Morgan fingerprint density at radius 3 is 2.96 bits per heavy atom. The summed E-state index contributed by atoms with van der Waals surface area (Å²) in [6, 6.07) is 9.54. The molecule has 3 N–H and O–H groups in total. The summed E-state index contributed by atoms with van der Waals surface area (Å²) in [5, 5.41) is 4.73. The minimum absolute atomic E-state index is 0.0670. The summed E-state index contributed by atoms with van der Waals surface area (Å²) in [5.74, 6) is 0.241. The third-order valence-electron chi connectivity index (χ3n) is 4.51. The number of carbonyl (C=O) groups excluding carboxylic acids is 2. The Morgan fingerprint density at radius 2 is 2.23 bits per heavy atom. The van der Waals surface area contributed by atoms with E-state index in [2.05, 4.69) is 5.32 Å². The zero-order valence-corrected chi connectivity index (χ0v) is 15.6. The predicted octanol–water partition coefficient (Wildman–Crippen LogP) is 3.80. The molecule has 7 heteroatoms. The number of nitrogens with two attached hydrogens (primary N) is 1. The van der Waals surface area contributed by atoms with Gasteiger partial charge in [0.25, 0.3) is 0 Å². The van der Waals surface area contributed by atoms with Crippen LogP contribution in [0.2, 0.25) is 0 Å². The van der Waals surface area contributed by atoms with Crippen LogP contribution in [0, 0.1) is 5.92 Å². The van der Waals surface area contributed by atoms with Gasteiger partial charge in [0.1, 0.15) is 0 Å². The number of amides is 2. The number of likely N-dealkylation sites (tertiary alicyclic amines) is 1. The van der Waals surface area contributed by atoms with Crippen LogP contribution in [0.1, 0.15) is 19.8 Å². The van der Waals surface area contributed by atoms with Crippen LogP contribution in [-0.2, 0) is 9.53 Å². The smallest absolute Gasteiger partial charge is 0.411 e. The second kappa shape index (κ2) is 8.23. The molecule has 1 aromatic carbocycles. The molecular weight excluding hydrogens is 350 g/mol. The van der Waals surface area contributed by atoms with Crippen molar-refractivity contribution in [3.05, 3.63) is 35.7 Å². The summed E-state index contributed by atoms with van der Waals surface area (Å²) in [7, 11) is 0. The Balaban J connectivity index is 1.56. The van der Waals surface area contributed by atoms with Crippen molar-refractivity contribution in [1.29, 1.82) is 0 Å². The predicted molar refractivity (Wildman–Crippen MR) is 104 cm³/mol. The van der Waals surface area contributed by atoms with Crippen LogP contribution in [0.5, 0.6) is 0 Å². The Bertz CT molecular complexity index is 776. The largest absolute Gasteiger partial charge is 0.449 e. The van der Waals surface area contributed by atoms with Crippen molar-refractivity contribution in [3.8, 4) is 10.4 Å². The molecule has 1 unspecified atom stereocenters. The highest BCUT2D eigenvalue weighted by atomic mass is 32.1. The fourth-order valence-corrected chi connectivity index (χ4v) is 3.81. The third kappa shape index (κ3) is 4.54. The number of ether oxygens (including phenoxy) is 1. The summed E-state index contributed by atoms with van der Waals surface area (Å²) in [6.07, 6.45) is 1.36. The fourth-order valence-electron chi connectivity index (χ4n) is 3.09. The number of carbonyl (C=O) groups is 2. The Kier molecular flexibility index (Phi) is 5.78. The number of benzene rings is 1. The molecule has 26 heavy (non-hydrogen) atoms. The van der Waals surface area contributed by atoms with E-state index >= 15 is 0 Å². The quantitative estimate of drug-likeness (QED) is 0.798. The van der Waals surface area contributed by atoms with Gasteiger partial charge in [-0.05, 0) is 42.0 Å². The molecule has 1 aromatic heterocycles. The van der Waals surface area contributed by atoms with Crippen molar-refractivity contribution in [2.24, 2.45) is 5.92 Å². The Labute approximate surface area is 156 Å². The number of thiophene rings is 1. The molecule has 0 spiro atoms. The molecule has 1 aliphatic rings. The number of hydrogen-bond acceptors (Lipinski definition) is 5. The number of nitrogens with zero attached hydrogens (tertiary/aromatic N) is 1. The highest BCUT2D eigenvalue weighted by Gasteiger charge is 2.22. The van der Waals surface area contributed by atoms with Gasteiger partial charge in [0.05, 0.1) is 18.0 Å². The number of piperidine rings is 1. The molecule has 0 radical (unpaired) electrons. The van der Waals surface area contributed by atoms with E-state index in [9.17, 15) is 9.59 Å². The lowest BCUT2D eigenvalue weighted by molar-refractivity contribution is -0.130. The maximum Gasteiger partial charge on any atom is 0.411 e. The van der Waals surface area contributed by atoms with E-state index in [0.717, 1.165) is 29.8 Å². The maximum absolute atomic E-state index is 12.2. The van der Waals surface area contributed by atoms with Crippen molar-refractivity contribution >= 4 is 34.7 Å². The molecule has 1 fully saturated rings. The van der Waals surface area contributed by atoms with E-state index in [1.165, 1.54) is 0 Å². The average molecular weight is 373 g/mol. The van der Waals surface area contributed by atoms with Gasteiger partial charge in [-0.1, -0.05) is 12.1 Å². The van der Waals surface area contributed by atoms with Crippen LogP contribution < -0.4 is 11.1 Å². The molecule has 1 saturated heterocycles. The summed E-state index contributed by atoms with van der Waals surface area (Å²) in [4.78, 5) is 26.5. The number of rotatable bonds is 4. The summed E-state index contributed by atoms with van der Waals surface area (Å²) in [5.41, 5.74) is 7.99. The zero-order valence-electron chi connectivity index (χ0n) is 14.7. The molecule has 138 valence electrons. The van der Waals surface area contributed by atoms with Crippen molar-refractivity contribution < 1.29 is 14.3 Å². The van der Waals surface area contributed by atoms with Crippen molar-refractivity contribution in [1.82, 2.24) is 4.90 Å². The molecule has 2 heterocycles. The average Bonchev–Trinajstić information content (AvgIpc) is 3.17. The number of hydrogen-bond donors (Lipinski definition) is 2. The lowest BCUT2D eigenvalue weighted by Crippen LogP contribution is -2.40. The molecular formula is C19H23N3O3S. The second-order valence-corrected chi connectivity index (χ2v) is 7.42. The first-order valence-electron chi connectivity index (χ1n) is 8.65. The number of anilines is 2. The van der Waals surface area contributed by atoms with Crippen LogP contribution in [0.4, 0.5) is 16.2 Å². The first kappa shape index (κ1) is 18.3. The third-order valence-corrected chi connectivity index (χ3v) is 5.43. The maximum atomic E-state index is 12.2. The van der Waals surface area contributed by atoms with Crippen molar-refractivity contribution in [2.75, 3.05) is 30.7 Å². The second-order valence-electron chi connectivity index (χ2n) is 6.48. The van der Waals surface area contributed by atoms with Gasteiger partial charge in [-0.3, -0.25) is 10.1 Å². The minimum atomic E-state index is -0.528. The van der Waals surface area contributed by atoms with Gasteiger partial charge in [0.15, 0.2) is 0 Å². The van der Waals surface area contributed by atoms with Gasteiger partial charge in [-0.15, -0.1) is 11.3 Å². The van der Waals surface area contributed by atoms with E-state index in [0.29, 0.717) is 24.5 Å². The molecule has 0 saturated carbocycles. The van der Waals surface area contributed by atoms with E-state index in [1.807, 2.05) is 29.6 Å². The highest BCUT2D eigenvalue weighted by Crippen LogP contribution is 2.30. The van der Waals surface area contributed by atoms with Gasteiger partial charge in [0, 0.05) is 30.8 Å². The van der Waals surface area contributed by atoms with Crippen LogP contribution in [0.3, 0.4) is 0 Å². The molecule has 3 rings (SSSR count). The van der Waals surface area contributed by atoms with Gasteiger partial charge < -0.3 is 15.4 Å². The van der Waals surface area contributed by atoms with Crippen molar-refractivity contribution in [2.45, 2.75) is 19.8 Å². The standard InChI is InChI=1S/C19H23N3O3S/c1-13(23)22-8-2-4-14(11-22)12-25-19(24)21-17-10-15(6-7-16(17)20)18-5-3-9-26-18/h3,5-7,9-10,14H,2,4,8,11-12,20H2,1H3,(H,21,24). The van der Waals surface area contributed by atoms with Crippen molar-refractivity contribution in [3.63, 3.8) is 0 Å². The summed E-state index contributed by atoms with van der Waals surface area (Å²) < 4.78 is 5.36. The SMILES string of the molecule is CC(=O)N1CCCC(COC(=O)Nc2cc(-c3cccs3)ccc2N)C1. The lowest BCUT2D eigenvalue weighted by atomic mass is 9.99. The van der Waals surface area contributed by atoms with Gasteiger partial charge >= 0.3 is 6.09 Å². The fraction of sp³-hybridized carbons (Fsp3) is 0.368. The van der Waals surface area contributed by atoms with Gasteiger partial charge in [0.2, 0.25) is 5.91 Å². The van der Waals surface area contributed by atoms with E-state index in [-0.39, 0.29) is 11.8 Å². The van der Waals surface area contributed by atoms with Crippen LogP contribution in [-0.4, -0.2) is 36.6 Å². The van der Waals surface area contributed by atoms with Gasteiger partial charge in [-0.25, -0.2) is 4.79 Å². The topological polar surface area (TPSA) is 84.7 Å². The Hall–Kier alpha value is -2.54. The first-order valence-corrected chi connectivity index (χ1v) is 9.53. The summed E-state index contributed by atoms with van der Waals surface area (Å²) >= 11 is 1.62. The zero-order chi connectivity index (χ0) is 18.5. The molecule has 6 nitrogen and oxygen atoms in total. The number of nitrogens with one attached hydrogen (secondary N) is 1. The highest BCUT2D eigenvalue weighted by molar-refractivity contribution is 7.13. The molecule has 1 aliphatic heterocycles. The van der Waals surface area contributed by atoms with Gasteiger partial charge in [-0.2, -0.15) is 0 Å². The monoisotopic (exact) mass is 373 g/mol. The van der Waals surface area contributed by atoms with E-state index < -0.39 is 6.09 Å². The first-order chi connectivity index (χ1) is 12.5. The molecule has 0 aliphatic carbocycles. The summed E-state index contributed by atoms with van der Waals surface area (Å²) in [6.45, 7) is 3.28. The van der Waals surface area contributed by atoms with Crippen LogP contribution in [0.25, 0.3) is 10.4 Å². The van der Waals surface area contributed by atoms with Crippen LogP contribution >= 0.6 is 11.3 Å².